The highest BCUT2D eigenvalue weighted by Gasteiger charge is 2.27. The number of halogens is 2. The number of carbonyl (C=O) groups excluding carboxylic acids is 2. The van der Waals surface area contributed by atoms with Gasteiger partial charge >= 0.3 is 0 Å². The molecule has 186 valence electrons. The molecule has 0 saturated heterocycles. The monoisotopic (exact) mass is 476 g/mol. The number of carbonyl (C=O) groups is 2. The number of hydrogen-bond donors (Lipinski definition) is 0. The van der Waals surface area contributed by atoms with Gasteiger partial charge in [-0.05, 0) is 52.2 Å². The van der Waals surface area contributed by atoms with Gasteiger partial charge < -0.3 is 19.2 Å². The van der Waals surface area contributed by atoms with Crippen molar-refractivity contribution in [2.75, 3.05) is 31.1 Å². The van der Waals surface area contributed by atoms with Crippen LogP contribution in [-0.4, -0.2) is 59.0 Å². The second-order valence-electron chi connectivity index (χ2n) is 9.06. The third kappa shape index (κ3) is 5.63. The Kier molecular flexibility index (Phi) is 8.41. The van der Waals surface area contributed by atoms with E-state index in [1.165, 1.54) is 4.90 Å². The van der Waals surface area contributed by atoms with E-state index in [-0.39, 0.29) is 24.8 Å². The van der Waals surface area contributed by atoms with Crippen LogP contribution in [0, 0.1) is 25.5 Å². The first-order valence-electron chi connectivity index (χ1n) is 11.9. The van der Waals surface area contributed by atoms with Crippen LogP contribution in [-0.2, 0) is 11.3 Å². The molecule has 0 atom stereocenters. The van der Waals surface area contributed by atoms with Gasteiger partial charge in [0, 0.05) is 51.3 Å². The average Bonchev–Trinajstić information content (AvgIpc) is 3.12. The second kappa shape index (κ2) is 11.1. The van der Waals surface area contributed by atoms with E-state index in [1.54, 1.807) is 25.7 Å². The summed E-state index contributed by atoms with van der Waals surface area (Å²) < 4.78 is 33.9. The van der Waals surface area contributed by atoms with Gasteiger partial charge in [0.2, 0.25) is 5.91 Å². The molecule has 0 bridgehead atoms. The Morgan fingerprint density at radius 1 is 1.06 bits per heavy atom. The largest absolute Gasteiger partial charge is 0.361 e. The molecule has 0 unspecified atom stereocenters. The van der Waals surface area contributed by atoms with Crippen LogP contribution >= 0.6 is 0 Å². The van der Waals surface area contributed by atoms with Gasteiger partial charge in [-0.25, -0.2) is 8.78 Å². The lowest BCUT2D eigenvalue weighted by Gasteiger charge is -2.33. The molecule has 0 spiro atoms. The fraction of sp³-hybridized carbons (Fsp3) is 0.560. The first-order chi connectivity index (χ1) is 16.1. The zero-order valence-corrected chi connectivity index (χ0v) is 20.7. The van der Waals surface area contributed by atoms with Gasteiger partial charge in [-0.15, -0.1) is 0 Å². The number of nitrogens with zero attached hydrogens (tertiary/aromatic N) is 4. The van der Waals surface area contributed by atoms with E-state index in [2.05, 4.69) is 23.9 Å². The van der Waals surface area contributed by atoms with Gasteiger partial charge in [-0.2, -0.15) is 0 Å². The zero-order valence-electron chi connectivity index (χ0n) is 20.7. The van der Waals surface area contributed by atoms with Crippen molar-refractivity contribution in [3.8, 4) is 0 Å². The van der Waals surface area contributed by atoms with E-state index in [9.17, 15) is 18.4 Å². The van der Waals surface area contributed by atoms with Crippen LogP contribution in [0.5, 0.6) is 0 Å². The average molecular weight is 477 g/mol. The molecule has 1 aliphatic heterocycles. The third-order valence-electron chi connectivity index (χ3n) is 6.34. The molecule has 1 aliphatic rings. The maximum absolute atomic E-state index is 14.3. The van der Waals surface area contributed by atoms with Gasteiger partial charge in [-0.1, -0.05) is 12.1 Å². The molecule has 2 heterocycles. The number of hydrogen-bond acceptors (Lipinski definition) is 5. The summed E-state index contributed by atoms with van der Waals surface area (Å²) in [4.78, 5) is 31.8. The molecule has 1 aromatic heterocycles. The van der Waals surface area contributed by atoms with Crippen LogP contribution in [0.3, 0.4) is 0 Å². The number of anilines is 1. The van der Waals surface area contributed by atoms with E-state index >= 15 is 0 Å². The Hall–Kier alpha value is -2.81. The van der Waals surface area contributed by atoms with Crippen LogP contribution in [0.25, 0.3) is 0 Å². The fourth-order valence-electron chi connectivity index (χ4n) is 4.46. The van der Waals surface area contributed by atoms with Crippen LogP contribution in [0.15, 0.2) is 16.7 Å². The normalized spacial score (nSPS) is 16.2. The van der Waals surface area contributed by atoms with Crippen LogP contribution < -0.4 is 4.90 Å². The maximum atomic E-state index is 14.3. The minimum atomic E-state index is -1.02. The Morgan fingerprint density at radius 3 is 2.29 bits per heavy atom. The summed E-state index contributed by atoms with van der Waals surface area (Å²) in [5.41, 5.74) is 1.55. The van der Waals surface area contributed by atoms with Gasteiger partial charge in [0.05, 0.1) is 11.4 Å². The predicted octanol–water partition coefficient (Wildman–Crippen LogP) is 4.46. The molecule has 2 amide bonds. The van der Waals surface area contributed by atoms with Crippen molar-refractivity contribution in [2.45, 2.75) is 66.5 Å². The lowest BCUT2D eigenvalue weighted by Crippen LogP contribution is -2.40. The molecular formula is C25H34F2N4O3. The highest BCUT2D eigenvalue weighted by molar-refractivity contribution is 5.97. The molecule has 9 heteroatoms. The van der Waals surface area contributed by atoms with Crippen molar-refractivity contribution in [3.05, 3.63) is 46.3 Å². The Labute approximate surface area is 199 Å². The van der Waals surface area contributed by atoms with Crippen molar-refractivity contribution >= 4 is 17.5 Å². The first-order valence-corrected chi connectivity index (χ1v) is 11.9. The molecule has 7 nitrogen and oxygen atoms in total. The molecule has 0 radical (unpaired) electrons. The summed E-state index contributed by atoms with van der Waals surface area (Å²) >= 11 is 0. The summed E-state index contributed by atoms with van der Waals surface area (Å²) in [6.45, 7) is 11.7. The van der Waals surface area contributed by atoms with Crippen molar-refractivity contribution in [2.24, 2.45) is 0 Å². The highest BCUT2D eigenvalue weighted by Crippen LogP contribution is 2.28. The number of benzene rings is 1. The smallest absolute Gasteiger partial charge is 0.259 e. The summed E-state index contributed by atoms with van der Waals surface area (Å²) in [6, 6.07) is 2.47. The van der Waals surface area contributed by atoms with E-state index in [4.69, 9.17) is 4.52 Å². The van der Waals surface area contributed by atoms with Gasteiger partial charge in [0.15, 0.2) is 11.6 Å². The molecule has 3 rings (SSSR count). The Morgan fingerprint density at radius 2 is 1.71 bits per heavy atom. The molecule has 0 aliphatic carbocycles. The Balaban J connectivity index is 2.08. The minimum absolute atomic E-state index is 0.0323. The zero-order chi connectivity index (χ0) is 25.0. The molecule has 1 aromatic carbocycles. The molecule has 0 fully saturated rings. The highest BCUT2D eigenvalue weighted by atomic mass is 19.2. The first kappa shape index (κ1) is 25.8. The summed E-state index contributed by atoms with van der Waals surface area (Å²) in [7, 11) is 0. The summed E-state index contributed by atoms with van der Waals surface area (Å²) in [5, 5.41) is 3.89. The third-order valence-corrected chi connectivity index (χ3v) is 6.34. The lowest BCUT2D eigenvalue weighted by atomic mass is 10.1. The Bertz CT molecular complexity index is 1020. The number of rotatable bonds is 3. The molecular weight excluding hydrogens is 442 g/mol. The topological polar surface area (TPSA) is 69.9 Å². The second-order valence-corrected chi connectivity index (χ2v) is 9.06. The lowest BCUT2D eigenvalue weighted by molar-refractivity contribution is -0.118. The van der Waals surface area contributed by atoms with E-state index in [0.717, 1.165) is 25.2 Å². The van der Waals surface area contributed by atoms with Crippen LogP contribution in [0.2, 0.25) is 0 Å². The fourth-order valence-corrected chi connectivity index (χ4v) is 4.46. The molecule has 34 heavy (non-hydrogen) atoms. The van der Waals surface area contributed by atoms with Crippen molar-refractivity contribution in [1.82, 2.24) is 15.0 Å². The van der Waals surface area contributed by atoms with E-state index < -0.39 is 11.6 Å². The molecule has 0 saturated carbocycles. The minimum Gasteiger partial charge on any atom is -0.361 e. The summed E-state index contributed by atoms with van der Waals surface area (Å²) in [6.07, 6.45) is 1.64. The van der Waals surface area contributed by atoms with Crippen molar-refractivity contribution in [1.29, 1.82) is 0 Å². The quantitative estimate of drug-likeness (QED) is 0.654. The standard InChI is InChI=1S/C25H34F2N4O3/c1-6-23(32)31-12-8-10-29(16(2)3)9-7-11-30(25(33)24-17(4)28-34-18(24)5)15-19-13-20(26)21(27)14-22(19)31/h13-14,16H,6-12,15H2,1-5H3. The van der Waals surface area contributed by atoms with Crippen molar-refractivity contribution < 1.29 is 22.9 Å². The maximum Gasteiger partial charge on any atom is 0.259 e. The number of aryl methyl sites for hydroxylation is 2. The van der Waals surface area contributed by atoms with E-state index in [0.29, 0.717) is 60.2 Å². The number of aromatic nitrogens is 1. The molecule has 0 N–H and O–H groups in total. The van der Waals surface area contributed by atoms with Gasteiger partial charge in [0.25, 0.3) is 5.91 Å². The summed E-state index contributed by atoms with van der Waals surface area (Å²) in [5.74, 6) is -2.08. The SMILES string of the molecule is CCC(=O)N1CCCN(C(C)C)CCCN(C(=O)c2c(C)noc2C)Cc2cc(F)c(F)cc21. The van der Waals surface area contributed by atoms with Gasteiger partial charge in [0.1, 0.15) is 11.3 Å². The van der Waals surface area contributed by atoms with E-state index in [1.807, 2.05) is 0 Å². The molecule has 2 aromatic rings. The van der Waals surface area contributed by atoms with Crippen molar-refractivity contribution in [3.63, 3.8) is 0 Å². The predicted molar refractivity (Wildman–Crippen MR) is 126 cm³/mol. The van der Waals surface area contributed by atoms with Crippen LogP contribution in [0.4, 0.5) is 14.5 Å². The van der Waals surface area contributed by atoms with Crippen LogP contribution in [0.1, 0.15) is 67.4 Å². The van der Waals surface area contributed by atoms with Gasteiger partial charge in [-0.3, -0.25) is 9.59 Å². The number of amides is 2. The number of fused-ring (bicyclic) bond motifs is 1.